The van der Waals surface area contributed by atoms with Gasteiger partial charge in [0.2, 0.25) is 0 Å². The van der Waals surface area contributed by atoms with Crippen LogP contribution in [0.1, 0.15) is 43.6 Å². The Morgan fingerprint density at radius 3 is 2.57 bits per heavy atom. The first-order chi connectivity index (χ1) is 6.77. The molecule has 1 aliphatic carbocycles. The van der Waals surface area contributed by atoms with E-state index in [0.29, 0.717) is 5.92 Å². The average molecular weight is 210 g/mol. The molecular weight excluding hydrogens is 194 g/mol. The minimum absolute atomic E-state index is 0.641. The maximum absolute atomic E-state index is 5.98. The van der Waals surface area contributed by atoms with E-state index in [1.54, 1.807) is 0 Å². The van der Waals surface area contributed by atoms with E-state index in [-0.39, 0.29) is 0 Å². The van der Waals surface area contributed by atoms with E-state index >= 15 is 0 Å². The van der Waals surface area contributed by atoms with Gasteiger partial charge in [-0.3, -0.25) is 0 Å². The monoisotopic (exact) mass is 209 g/mol. The van der Waals surface area contributed by atoms with Crippen LogP contribution in [-0.2, 0) is 0 Å². The van der Waals surface area contributed by atoms with Crippen LogP contribution in [0.4, 0.5) is 5.69 Å². The molecule has 0 atom stereocenters. The van der Waals surface area contributed by atoms with E-state index < -0.39 is 0 Å². The summed E-state index contributed by atoms with van der Waals surface area (Å²) in [6, 6.07) is 5.82. The molecule has 0 heterocycles. The molecule has 0 bridgehead atoms. The van der Waals surface area contributed by atoms with Crippen molar-refractivity contribution in [2.75, 3.05) is 5.73 Å². The van der Waals surface area contributed by atoms with Gasteiger partial charge in [-0.25, -0.2) is 0 Å². The zero-order valence-corrected chi connectivity index (χ0v) is 9.06. The largest absolute Gasteiger partial charge is 0.398 e. The van der Waals surface area contributed by atoms with Crippen molar-refractivity contribution in [3.63, 3.8) is 0 Å². The molecule has 1 saturated carbocycles. The number of rotatable bonds is 1. The molecule has 1 fully saturated rings. The van der Waals surface area contributed by atoms with Crippen LogP contribution in [0.25, 0.3) is 0 Å². The van der Waals surface area contributed by atoms with Crippen LogP contribution < -0.4 is 5.73 Å². The van der Waals surface area contributed by atoms with Gasteiger partial charge < -0.3 is 5.73 Å². The van der Waals surface area contributed by atoms with Gasteiger partial charge in [-0.1, -0.05) is 30.9 Å². The summed E-state index contributed by atoms with van der Waals surface area (Å²) in [5.74, 6) is 0.641. The Hall–Kier alpha value is -0.690. The smallest absolute Gasteiger partial charge is 0.0410 e. The van der Waals surface area contributed by atoms with Crippen molar-refractivity contribution < 1.29 is 0 Å². The normalized spacial score (nSPS) is 18.4. The molecule has 2 heteroatoms. The Morgan fingerprint density at radius 1 is 1.14 bits per heavy atom. The summed E-state index contributed by atoms with van der Waals surface area (Å²) in [4.78, 5) is 0. The molecule has 14 heavy (non-hydrogen) atoms. The summed E-state index contributed by atoms with van der Waals surface area (Å²) in [6.07, 6.45) is 6.57. The lowest BCUT2D eigenvalue weighted by Crippen LogP contribution is -2.07. The zero-order chi connectivity index (χ0) is 9.97. The van der Waals surface area contributed by atoms with Gasteiger partial charge in [-0.2, -0.15) is 0 Å². The number of hydrogen-bond donors (Lipinski definition) is 1. The molecule has 1 nitrogen and oxygen atoms in total. The van der Waals surface area contributed by atoms with Gasteiger partial charge in [0.05, 0.1) is 0 Å². The van der Waals surface area contributed by atoms with Crippen LogP contribution in [-0.4, -0.2) is 0 Å². The Balaban J connectivity index is 2.24. The first-order valence-electron chi connectivity index (χ1n) is 5.32. The van der Waals surface area contributed by atoms with Crippen LogP contribution >= 0.6 is 11.6 Å². The Labute approximate surface area is 90.3 Å². The van der Waals surface area contributed by atoms with Gasteiger partial charge in [-0.05, 0) is 42.5 Å². The minimum atomic E-state index is 0.641. The molecule has 0 aromatic heterocycles. The molecule has 2 N–H and O–H groups in total. The van der Waals surface area contributed by atoms with Crippen LogP contribution in [0.2, 0.25) is 5.02 Å². The third-order valence-electron chi connectivity index (χ3n) is 3.09. The molecule has 0 unspecified atom stereocenters. The molecule has 76 valence electrons. The van der Waals surface area contributed by atoms with Crippen molar-refractivity contribution >= 4 is 17.3 Å². The number of anilines is 1. The van der Waals surface area contributed by atoms with Gasteiger partial charge in [0.1, 0.15) is 0 Å². The fraction of sp³-hybridized carbons (Fsp3) is 0.500. The van der Waals surface area contributed by atoms with E-state index in [2.05, 4.69) is 0 Å². The highest BCUT2D eigenvalue weighted by Gasteiger charge is 2.17. The highest BCUT2D eigenvalue weighted by Crippen LogP contribution is 2.36. The second kappa shape index (κ2) is 4.22. The predicted molar refractivity (Wildman–Crippen MR) is 61.7 cm³/mol. The second-order valence-electron chi connectivity index (χ2n) is 4.11. The summed E-state index contributed by atoms with van der Waals surface area (Å²) in [6.45, 7) is 0. The standard InChI is InChI=1S/C12H16ClN/c13-10-6-7-12(14)11(8-10)9-4-2-1-3-5-9/h6-9H,1-5,14H2. The van der Waals surface area contributed by atoms with Crippen LogP contribution in [0.3, 0.4) is 0 Å². The number of nitrogen functional groups attached to an aromatic ring is 1. The lowest BCUT2D eigenvalue weighted by molar-refractivity contribution is 0.444. The quantitative estimate of drug-likeness (QED) is 0.696. The highest BCUT2D eigenvalue weighted by molar-refractivity contribution is 6.30. The molecule has 1 aromatic rings. The SMILES string of the molecule is Nc1ccc(Cl)cc1C1CCCCC1. The Bertz CT molecular complexity index is 316. The summed E-state index contributed by atoms with van der Waals surface area (Å²) in [5, 5.41) is 0.805. The Morgan fingerprint density at radius 2 is 1.86 bits per heavy atom. The predicted octanol–water partition coefficient (Wildman–Crippen LogP) is 3.97. The molecule has 0 amide bonds. The van der Waals surface area contributed by atoms with E-state index in [1.807, 2.05) is 18.2 Å². The molecule has 1 aromatic carbocycles. The van der Waals surface area contributed by atoms with Gasteiger partial charge in [0.25, 0.3) is 0 Å². The lowest BCUT2D eigenvalue weighted by Gasteiger charge is -2.23. The van der Waals surface area contributed by atoms with E-state index in [9.17, 15) is 0 Å². The summed E-state index contributed by atoms with van der Waals surface area (Å²) >= 11 is 5.98. The van der Waals surface area contributed by atoms with Gasteiger partial charge in [0, 0.05) is 10.7 Å². The molecule has 0 radical (unpaired) electrons. The summed E-state index contributed by atoms with van der Waals surface area (Å²) < 4.78 is 0. The maximum Gasteiger partial charge on any atom is 0.0410 e. The van der Waals surface area contributed by atoms with E-state index in [1.165, 1.54) is 37.7 Å². The fourth-order valence-corrected chi connectivity index (χ4v) is 2.49. The first kappa shape index (κ1) is 9.85. The molecule has 2 rings (SSSR count). The topological polar surface area (TPSA) is 26.0 Å². The van der Waals surface area contributed by atoms with Crippen molar-refractivity contribution in [1.29, 1.82) is 0 Å². The van der Waals surface area contributed by atoms with Crippen molar-refractivity contribution in [1.82, 2.24) is 0 Å². The van der Waals surface area contributed by atoms with Crippen molar-refractivity contribution in [2.24, 2.45) is 0 Å². The molecule has 1 aliphatic rings. The van der Waals surface area contributed by atoms with Crippen molar-refractivity contribution in [2.45, 2.75) is 38.0 Å². The van der Waals surface area contributed by atoms with Crippen LogP contribution in [0.5, 0.6) is 0 Å². The summed E-state index contributed by atoms with van der Waals surface area (Å²) in [5.41, 5.74) is 8.13. The third-order valence-corrected chi connectivity index (χ3v) is 3.33. The third kappa shape index (κ3) is 2.03. The van der Waals surface area contributed by atoms with Gasteiger partial charge in [0.15, 0.2) is 0 Å². The number of halogens is 1. The van der Waals surface area contributed by atoms with E-state index in [4.69, 9.17) is 17.3 Å². The van der Waals surface area contributed by atoms with Crippen LogP contribution in [0, 0.1) is 0 Å². The Kier molecular flexibility index (Phi) is 2.97. The fourth-order valence-electron chi connectivity index (χ4n) is 2.31. The number of benzene rings is 1. The number of hydrogen-bond acceptors (Lipinski definition) is 1. The molecule has 0 spiro atoms. The minimum Gasteiger partial charge on any atom is -0.398 e. The summed E-state index contributed by atoms with van der Waals surface area (Å²) in [7, 11) is 0. The molecular formula is C12H16ClN. The maximum atomic E-state index is 5.98. The average Bonchev–Trinajstić information content (AvgIpc) is 2.23. The number of nitrogens with two attached hydrogens (primary N) is 1. The van der Waals surface area contributed by atoms with Crippen molar-refractivity contribution in [3.8, 4) is 0 Å². The lowest BCUT2D eigenvalue weighted by atomic mass is 9.83. The van der Waals surface area contributed by atoms with Gasteiger partial charge in [-0.15, -0.1) is 0 Å². The zero-order valence-electron chi connectivity index (χ0n) is 8.30. The molecule has 0 aliphatic heterocycles. The second-order valence-corrected chi connectivity index (χ2v) is 4.54. The van der Waals surface area contributed by atoms with Crippen molar-refractivity contribution in [3.05, 3.63) is 28.8 Å². The first-order valence-corrected chi connectivity index (χ1v) is 5.70. The highest BCUT2D eigenvalue weighted by atomic mass is 35.5. The van der Waals surface area contributed by atoms with Crippen LogP contribution in [0.15, 0.2) is 18.2 Å². The molecule has 0 saturated heterocycles. The van der Waals surface area contributed by atoms with Gasteiger partial charge >= 0.3 is 0 Å². The van der Waals surface area contributed by atoms with E-state index in [0.717, 1.165) is 10.7 Å².